The van der Waals surface area contributed by atoms with Crippen LogP contribution in [0.4, 0.5) is 4.79 Å². The molecule has 1 heterocycles. The standard InChI is InChI=1S/C13H18N4O5/c1-8(2)6-14-13(21)15-10(18)7-22-12(20)9-4-5-11(19)17(3)16-9/h4-5,8H,6-7H2,1-3H3,(H2,14,15,18,21). The highest BCUT2D eigenvalue weighted by Gasteiger charge is 2.14. The Morgan fingerprint density at radius 2 is 2.00 bits per heavy atom. The van der Waals surface area contributed by atoms with Gasteiger partial charge in [0, 0.05) is 19.7 Å². The maximum atomic E-state index is 11.6. The van der Waals surface area contributed by atoms with E-state index in [4.69, 9.17) is 4.74 Å². The maximum absolute atomic E-state index is 11.6. The van der Waals surface area contributed by atoms with Crippen molar-refractivity contribution in [2.75, 3.05) is 13.2 Å². The van der Waals surface area contributed by atoms with E-state index in [1.807, 2.05) is 19.2 Å². The van der Waals surface area contributed by atoms with Crippen LogP contribution < -0.4 is 16.2 Å². The van der Waals surface area contributed by atoms with E-state index in [-0.39, 0.29) is 17.2 Å². The maximum Gasteiger partial charge on any atom is 0.359 e. The number of hydrogen-bond acceptors (Lipinski definition) is 6. The largest absolute Gasteiger partial charge is 0.451 e. The Labute approximate surface area is 126 Å². The highest BCUT2D eigenvalue weighted by Crippen LogP contribution is 1.94. The lowest BCUT2D eigenvalue weighted by Crippen LogP contribution is -2.42. The molecule has 0 atom stereocenters. The third-order valence-electron chi connectivity index (χ3n) is 2.43. The van der Waals surface area contributed by atoms with E-state index in [1.54, 1.807) is 0 Å². The van der Waals surface area contributed by atoms with E-state index in [1.165, 1.54) is 13.1 Å². The van der Waals surface area contributed by atoms with Crippen molar-refractivity contribution >= 4 is 17.9 Å². The normalized spacial score (nSPS) is 10.2. The molecule has 120 valence electrons. The van der Waals surface area contributed by atoms with Gasteiger partial charge in [0.1, 0.15) is 0 Å². The number of nitrogens with zero attached hydrogens (tertiary/aromatic N) is 2. The van der Waals surface area contributed by atoms with Gasteiger partial charge in [-0.1, -0.05) is 13.8 Å². The number of urea groups is 1. The summed E-state index contributed by atoms with van der Waals surface area (Å²) in [7, 11) is 1.38. The van der Waals surface area contributed by atoms with E-state index in [9.17, 15) is 19.2 Å². The second-order valence-corrected chi connectivity index (χ2v) is 4.91. The molecule has 1 aromatic rings. The van der Waals surface area contributed by atoms with Crippen LogP contribution in [0, 0.1) is 5.92 Å². The Hall–Kier alpha value is -2.71. The third kappa shape index (κ3) is 5.73. The lowest BCUT2D eigenvalue weighted by atomic mass is 10.2. The van der Waals surface area contributed by atoms with Crippen molar-refractivity contribution in [3.05, 3.63) is 28.2 Å². The Bertz CT molecular complexity index is 623. The summed E-state index contributed by atoms with van der Waals surface area (Å²) >= 11 is 0. The topological polar surface area (TPSA) is 119 Å². The summed E-state index contributed by atoms with van der Waals surface area (Å²) in [6.45, 7) is 3.60. The van der Waals surface area contributed by atoms with Crippen molar-refractivity contribution in [1.29, 1.82) is 0 Å². The molecule has 0 aliphatic heterocycles. The van der Waals surface area contributed by atoms with Crippen LogP contribution in [0.15, 0.2) is 16.9 Å². The van der Waals surface area contributed by atoms with Crippen LogP contribution in [0.25, 0.3) is 0 Å². The highest BCUT2D eigenvalue weighted by atomic mass is 16.5. The second-order valence-electron chi connectivity index (χ2n) is 4.91. The summed E-state index contributed by atoms with van der Waals surface area (Å²) in [4.78, 5) is 45.5. The Kier molecular flexibility index (Phi) is 6.24. The van der Waals surface area contributed by atoms with E-state index in [0.717, 1.165) is 10.7 Å². The van der Waals surface area contributed by atoms with Gasteiger partial charge in [-0.25, -0.2) is 14.3 Å². The van der Waals surface area contributed by atoms with Crippen molar-refractivity contribution in [2.24, 2.45) is 13.0 Å². The summed E-state index contributed by atoms with van der Waals surface area (Å²) in [5.41, 5.74) is -0.490. The molecule has 0 unspecified atom stereocenters. The lowest BCUT2D eigenvalue weighted by Gasteiger charge is -2.08. The molecule has 0 saturated carbocycles. The molecule has 0 aliphatic carbocycles. The molecule has 1 rings (SSSR count). The van der Waals surface area contributed by atoms with Crippen molar-refractivity contribution < 1.29 is 19.1 Å². The van der Waals surface area contributed by atoms with Crippen molar-refractivity contribution in [3.8, 4) is 0 Å². The molecule has 0 bridgehead atoms. The van der Waals surface area contributed by atoms with Gasteiger partial charge < -0.3 is 10.1 Å². The van der Waals surface area contributed by atoms with Crippen LogP contribution in [0.2, 0.25) is 0 Å². The smallest absolute Gasteiger partial charge is 0.359 e. The van der Waals surface area contributed by atoms with Crippen LogP contribution >= 0.6 is 0 Å². The molecule has 2 N–H and O–H groups in total. The monoisotopic (exact) mass is 310 g/mol. The third-order valence-corrected chi connectivity index (χ3v) is 2.43. The summed E-state index contributed by atoms with van der Waals surface area (Å²) < 4.78 is 5.67. The molecule has 0 saturated heterocycles. The van der Waals surface area contributed by atoms with Crippen LogP contribution in [0.1, 0.15) is 24.3 Å². The Morgan fingerprint density at radius 3 is 2.59 bits per heavy atom. The van der Waals surface area contributed by atoms with Gasteiger partial charge in [-0.15, -0.1) is 0 Å². The zero-order valence-corrected chi connectivity index (χ0v) is 12.6. The van der Waals surface area contributed by atoms with Crippen LogP contribution in [-0.4, -0.2) is 40.8 Å². The minimum absolute atomic E-state index is 0.112. The summed E-state index contributed by atoms with van der Waals surface area (Å²) in [5, 5.41) is 8.18. The number of imide groups is 1. The SMILES string of the molecule is CC(C)CNC(=O)NC(=O)COC(=O)c1ccc(=O)n(C)n1. The zero-order valence-electron chi connectivity index (χ0n) is 12.6. The van der Waals surface area contributed by atoms with Gasteiger partial charge in [-0.2, -0.15) is 5.10 Å². The Morgan fingerprint density at radius 1 is 1.32 bits per heavy atom. The number of amides is 3. The molecule has 0 aromatic carbocycles. The average molecular weight is 310 g/mol. The minimum Gasteiger partial charge on any atom is -0.451 e. The summed E-state index contributed by atoms with van der Waals surface area (Å²) in [6, 6.07) is 1.69. The number of aryl methyl sites for hydroxylation is 1. The fourth-order valence-corrected chi connectivity index (χ4v) is 1.32. The van der Waals surface area contributed by atoms with Crippen molar-refractivity contribution in [3.63, 3.8) is 0 Å². The molecule has 0 aliphatic rings. The van der Waals surface area contributed by atoms with Gasteiger partial charge in [0.15, 0.2) is 12.3 Å². The van der Waals surface area contributed by atoms with Crippen LogP contribution in [-0.2, 0) is 16.6 Å². The van der Waals surface area contributed by atoms with Crippen LogP contribution in [0.3, 0.4) is 0 Å². The molecular formula is C13H18N4O5. The first kappa shape index (κ1) is 17.3. The van der Waals surface area contributed by atoms with Gasteiger partial charge in [0.05, 0.1) is 0 Å². The van der Waals surface area contributed by atoms with E-state index in [2.05, 4.69) is 10.4 Å². The quantitative estimate of drug-likeness (QED) is 0.702. The average Bonchev–Trinajstić information content (AvgIpc) is 2.45. The predicted molar refractivity (Wildman–Crippen MR) is 76.1 cm³/mol. The van der Waals surface area contributed by atoms with E-state index in [0.29, 0.717) is 6.54 Å². The molecule has 0 radical (unpaired) electrons. The van der Waals surface area contributed by atoms with Gasteiger partial charge in [-0.05, 0) is 12.0 Å². The number of hydrogen-bond donors (Lipinski definition) is 2. The number of carbonyl (C=O) groups excluding carboxylic acids is 3. The lowest BCUT2D eigenvalue weighted by molar-refractivity contribution is -0.123. The fraction of sp³-hybridized carbons (Fsp3) is 0.462. The highest BCUT2D eigenvalue weighted by molar-refractivity contribution is 5.96. The number of nitrogens with one attached hydrogen (secondary N) is 2. The van der Waals surface area contributed by atoms with Crippen molar-refractivity contribution in [2.45, 2.75) is 13.8 Å². The molecule has 9 heteroatoms. The van der Waals surface area contributed by atoms with Crippen LogP contribution in [0.5, 0.6) is 0 Å². The number of rotatable bonds is 5. The summed E-state index contributed by atoms with van der Waals surface area (Å²) in [5.74, 6) is -1.39. The number of ether oxygens (including phenoxy) is 1. The molecule has 22 heavy (non-hydrogen) atoms. The minimum atomic E-state index is -0.867. The molecule has 0 fully saturated rings. The number of esters is 1. The zero-order chi connectivity index (χ0) is 16.7. The van der Waals surface area contributed by atoms with E-state index >= 15 is 0 Å². The molecule has 0 spiro atoms. The second kappa shape index (κ2) is 7.91. The number of aromatic nitrogens is 2. The molecule has 9 nitrogen and oxygen atoms in total. The van der Waals surface area contributed by atoms with Crippen molar-refractivity contribution in [1.82, 2.24) is 20.4 Å². The first-order chi connectivity index (χ1) is 10.3. The van der Waals surface area contributed by atoms with Gasteiger partial charge in [0.25, 0.3) is 11.5 Å². The molecule has 1 aromatic heterocycles. The van der Waals surface area contributed by atoms with Gasteiger partial charge >= 0.3 is 12.0 Å². The molecule has 3 amide bonds. The first-order valence-corrected chi connectivity index (χ1v) is 6.58. The Balaban J connectivity index is 2.43. The van der Waals surface area contributed by atoms with E-state index < -0.39 is 24.5 Å². The number of carbonyl (C=O) groups is 3. The predicted octanol–water partition coefficient (Wildman–Crippen LogP) is -0.581. The molecular weight excluding hydrogens is 292 g/mol. The van der Waals surface area contributed by atoms with Gasteiger partial charge in [-0.3, -0.25) is 14.9 Å². The summed E-state index contributed by atoms with van der Waals surface area (Å²) in [6.07, 6.45) is 0. The first-order valence-electron chi connectivity index (χ1n) is 6.58. The van der Waals surface area contributed by atoms with Gasteiger partial charge in [0.2, 0.25) is 0 Å². The fourth-order valence-electron chi connectivity index (χ4n) is 1.32.